The predicted octanol–water partition coefficient (Wildman–Crippen LogP) is 0.0288. The highest BCUT2D eigenvalue weighted by atomic mass is 16.4. The fourth-order valence-electron chi connectivity index (χ4n) is 4.47. The topological polar surface area (TPSA) is 101 Å². The Hall–Kier alpha value is -0.200. The Balaban J connectivity index is 2.52. The number of fused-ring (bicyclic) bond motifs is 1. The second kappa shape index (κ2) is 4.92. The minimum atomic E-state index is -1.89. The Kier molecular flexibility index (Phi) is 3.98. The molecule has 2 fully saturated rings. The summed E-state index contributed by atoms with van der Waals surface area (Å²) in [7, 11) is 0. The molecule has 2 saturated carbocycles. The van der Waals surface area contributed by atoms with E-state index in [9.17, 15) is 25.5 Å². The van der Waals surface area contributed by atoms with Crippen molar-refractivity contribution in [1.82, 2.24) is 0 Å². The molecule has 0 aromatic heterocycles. The van der Waals surface area contributed by atoms with E-state index in [1.165, 1.54) is 0 Å². The summed E-state index contributed by atoms with van der Waals surface area (Å²) < 4.78 is 0. The fourth-order valence-corrected chi connectivity index (χ4v) is 4.47. The highest BCUT2D eigenvalue weighted by Crippen LogP contribution is 2.58. The molecular weight excluding hydrogens is 260 g/mol. The van der Waals surface area contributed by atoms with Crippen LogP contribution < -0.4 is 0 Å². The van der Waals surface area contributed by atoms with E-state index in [-0.39, 0.29) is 18.3 Å². The smallest absolute Gasteiger partial charge is 0.129 e. The average Bonchev–Trinajstić information content (AvgIpc) is 2.39. The number of aliphatic hydroxyl groups is 5. The molecule has 2 rings (SSSR count). The van der Waals surface area contributed by atoms with Crippen LogP contribution in [0.3, 0.4) is 0 Å². The Bertz CT molecular complexity index is 373. The van der Waals surface area contributed by atoms with Crippen molar-refractivity contribution in [3.8, 4) is 0 Å². The van der Waals surface area contributed by atoms with Crippen molar-refractivity contribution in [3.05, 3.63) is 0 Å². The van der Waals surface area contributed by atoms with Gasteiger partial charge in [-0.15, -0.1) is 0 Å². The molecule has 6 unspecified atom stereocenters. The molecule has 0 amide bonds. The zero-order chi connectivity index (χ0) is 15.3. The van der Waals surface area contributed by atoms with Gasteiger partial charge in [-0.3, -0.25) is 0 Å². The predicted molar refractivity (Wildman–Crippen MR) is 73.9 cm³/mol. The Morgan fingerprint density at radius 3 is 2.20 bits per heavy atom. The van der Waals surface area contributed by atoms with Gasteiger partial charge in [0.25, 0.3) is 0 Å². The quantitative estimate of drug-likeness (QED) is 0.493. The lowest BCUT2D eigenvalue weighted by atomic mass is 9.47. The maximum atomic E-state index is 11.2. The minimum Gasteiger partial charge on any atom is -0.393 e. The Labute approximate surface area is 120 Å². The van der Waals surface area contributed by atoms with Crippen LogP contribution in [0.25, 0.3) is 0 Å². The van der Waals surface area contributed by atoms with Crippen molar-refractivity contribution in [2.75, 3.05) is 6.61 Å². The van der Waals surface area contributed by atoms with E-state index in [0.717, 1.165) is 0 Å². The fraction of sp³-hybridized carbons (Fsp3) is 1.00. The summed E-state index contributed by atoms with van der Waals surface area (Å²) in [6, 6.07) is 0. The number of rotatable bonds is 2. The van der Waals surface area contributed by atoms with Gasteiger partial charge in [0.2, 0.25) is 0 Å². The Morgan fingerprint density at radius 1 is 1.10 bits per heavy atom. The first-order valence-electron chi connectivity index (χ1n) is 7.56. The van der Waals surface area contributed by atoms with Crippen LogP contribution in [-0.4, -0.2) is 55.5 Å². The molecule has 0 aliphatic heterocycles. The second-order valence-electron chi connectivity index (χ2n) is 7.32. The van der Waals surface area contributed by atoms with Gasteiger partial charge in [-0.25, -0.2) is 0 Å². The zero-order valence-electron chi connectivity index (χ0n) is 12.6. The average molecular weight is 288 g/mol. The number of hydrogen-bond donors (Lipinski definition) is 5. The van der Waals surface area contributed by atoms with Gasteiger partial charge in [0.1, 0.15) is 11.2 Å². The highest BCUT2D eigenvalue weighted by Gasteiger charge is 2.70. The van der Waals surface area contributed by atoms with Crippen molar-refractivity contribution in [3.63, 3.8) is 0 Å². The van der Waals surface area contributed by atoms with Gasteiger partial charge in [-0.05, 0) is 37.5 Å². The maximum Gasteiger partial charge on any atom is 0.129 e. The van der Waals surface area contributed by atoms with Crippen LogP contribution >= 0.6 is 0 Å². The molecule has 118 valence electrons. The summed E-state index contributed by atoms with van der Waals surface area (Å²) in [5.41, 5.74) is -4.67. The van der Waals surface area contributed by atoms with Gasteiger partial charge in [-0.1, -0.05) is 20.8 Å². The van der Waals surface area contributed by atoms with Crippen LogP contribution in [0.4, 0.5) is 0 Å². The van der Waals surface area contributed by atoms with Gasteiger partial charge in [-0.2, -0.15) is 0 Å². The third-order valence-corrected chi connectivity index (χ3v) is 6.10. The summed E-state index contributed by atoms with van der Waals surface area (Å²) in [6.07, 6.45) is -0.341. The molecule has 5 N–H and O–H groups in total. The van der Waals surface area contributed by atoms with Gasteiger partial charge >= 0.3 is 0 Å². The van der Waals surface area contributed by atoms with E-state index >= 15 is 0 Å². The summed E-state index contributed by atoms with van der Waals surface area (Å²) in [5.74, 6) is -0.00274. The molecule has 2 aliphatic rings. The second-order valence-corrected chi connectivity index (χ2v) is 7.32. The van der Waals surface area contributed by atoms with Gasteiger partial charge < -0.3 is 25.5 Å². The first-order valence-corrected chi connectivity index (χ1v) is 7.56. The third-order valence-electron chi connectivity index (χ3n) is 6.10. The molecule has 0 aromatic rings. The third kappa shape index (κ3) is 1.80. The molecule has 0 spiro atoms. The van der Waals surface area contributed by atoms with Crippen molar-refractivity contribution >= 4 is 0 Å². The van der Waals surface area contributed by atoms with Gasteiger partial charge in [0, 0.05) is 5.41 Å². The van der Waals surface area contributed by atoms with E-state index in [1.807, 2.05) is 13.8 Å². The lowest BCUT2D eigenvalue weighted by molar-refractivity contribution is -0.331. The summed E-state index contributed by atoms with van der Waals surface area (Å²) in [5, 5.41) is 52.6. The van der Waals surface area contributed by atoms with E-state index in [0.29, 0.717) is 19.3 Å². The molecule has 0 radical (unpaired) electrons. The molecule has 20 heavy (non-hydrogen) atoms. The van der Waals surface area contributed by atoms with Gasteiger partial charge in [0.05, 0.1) is 18.8 Å². The monoisotopic (exact) mass is 288 g/mol. The zero-order valence-corrected chi connectivity index (χ0v) is 12.6. The van der Waals surface area contributed by atoms with Crippen molar-refractivity contribution < 1.29 is 25.5 Å². The first kappa shape index (κ1) is 16.2. The standard InChI is InChI=1S/C15H28O5/c1-9(2)10-4-6-13(3)11(17)5-7-14(19,8-16)15(13,20)12(10)18/h9-12,16-20H,4-8H2,1-3H3. The summed E-state index contributed by atoms with van der Waals surface area (Å²) in [4.78, 5) is 0. The lowest BCUT2D eigenvalue weighted by Crippen LogP contribution is -2.78. The molecule has 5 nitrogen and oxygen atoms in total. The van der Waals surface area contributed by atoms with Crippen LogP contribution in [0, 0.1) is 17.3 Å². The highest BCUT2D eigenvalue weighted by molar-refractivity contribution is 5.21. The van der Waals surface area contributed by atoms with Crippen LogP contribution in [0.5, 0.6) is 0 Å². The molecule has 0 aromatic carbocycles. The molecule has 2 aliphatic carbocycles. The molecule has 6 atom stereocenters. The minimum absolute atomic E-state index is 0.0820. The van der Waals surface area contributed by atoms with Crippen LogP contribution in [0.2, 0.25) is 0 Å². The van der Waals surface area contributed by atoms with Crippen LogP contribution in [-0.2, 0) is 0 Å². The summed E-state index contributed by atoms with van der Waals surface area (Å²) >= 11 is 0. The molecule has 5 heteroatoms. The normalized spacial score (nSPS) is 53.0. The van der Waals surface area contributed by atoms with E-state index < -0.39 is 35.4 Å². The van der Waals surface area contributed by atoms with Crippen molar-refractivity contribution in [2.24, 2.45) is 17.3 Å². The number of aliphatic hydroxyl groups excluding tert-OH is 3. The maximum absolute atomic E-state index is 11.2. The molecule has 0 heterocycles. The van der Waals surface area contributed by atoms with Crippen molar-refractivity contribution in [2.45, 2.75) is 69.9 Å². The molecule has 0 bridgehead atoms. The molecular formula is C15H28O5. The SMILES string of the molecule is CC(C)C1CCC2(C)C(O)CCC(O)(CO)C2(O)C1O. The van der Waals surface area contributed by atoms with E-state index in [1.54, 1.807) is 6.92 Å². The Morgan fingerprint density at radius 2 is 1.70 bits per heavy atom. The van der Waals surface area contributed by atoms with E-state index in [2.05, 4.69) is 0 Å². The largest absolute Gasteiger partial charge is 0.393 e. The van der Waals surface area contributed by atoms with Crippen LogP contribution in [0.15, 0.2) is 0 Å². The molecule has 0 saturated heterocycles. The lowest BCUT2D eigenvalue weighted by Gasteiger charge is -2.64. The van der Waals surface area contributed by atoms with Crippen molar-refractivity contribution in [1.29, 1.82) is 0 Å². The van der Waals surface area contributed by atoms with Crippen LogP contribution in [0.1, 0.15) is 46.5 Å². The van der Waals surface area contributed by atoms with Gasteiger partial charge in [0.15, 0.2) is 0 Å². The summed E-state index contributed by atoms with van der Waals surface area (Å²) in [6.45, 7) is 5.03. The number of hydrogen-bond acceptors (Lipinski definition) is 5. The first-order chi connectivity index (χ1) is 9.14. The van der Waals surface area contributed by atoms with E-state index in [4.69, 9.17) is 0 Å².